The Morgan fingerprint density at radius 2 is 1.34 bits per heavy atom. The minimum atomic E-state index is -10.7. The van der Waals surface area contributed by atoms with Gasteiger partial charge in [-0.3, -0.25) is 0 Å². The molecule has 0 saturated heterocycles. The van der Waals surface area contributed by atoms with E-state index in [9.17, 15) is 30.4 Å². The summed E-state index contributed by atoms with van der Waals surface area (Å²) in [5.74, 6) is 0. The van der Waals surface area contributed by atoms with Gasteiger partial charge in [0.15, 0.2) is 11.0 Å². The maximum absolute atomic E-state index is 10.7. The number of rotatable bonds is 4. The molecule has 0 unspecified atom stereocenters. The predicted octanol–water partition coefficient (Wildman–Crippen LogP) is 7.28. The van der Waals surface area contributed by atoms with Crippen LogP contribution < -0.4 is 4.57 Å². The molecule has 1 aromatic heterocycles. The fourth-order valence-electron chi connectivity index (χ4n) is 3.23. The number of hydrogen-bond donors (Lipinski definition) is 0. The van der Waals surface area contributed by atoms with Crippen molar-refractivity contribution in [2.75, 3.05) is 0 Å². The van der Waals surface area contributed by atoms with Crippen LogP contribution in [0.4, 0.5) is 25.2 Å². The molecule has 0 aliphatic carbocycles. The summed E-state index contributed by atoms with van der Waals surface area (Å²) in [6.07, 6.45) is 2.14. The first-order valence-corrected chi connectivity index (χ1v) is 11.4. The van der Waals surface area contributed by atoms with Gasteiger partial charge < -0.3 is 0 Å². The Morgan fingerprint density at radius 3 is 2.00 bits per heavy atom. The van der Waals surface area contributed by atoms with E-state index in [0.717, 1.165) is 17.7 Å². The van der Waals surface area contributed by atoms with Crippen LogP contribution in [0.25, 0.3) is 11.0 Å². The fourth-order valence-corrected chi connectivity index (χ4v) is 3.23. The molecule has 32 heavy (non-hydrogen) atoms. The predicted molar refractivity (Wildman–Crippen MR) is 112 cm³/mol. The van der Waals surface area contributed by atoms with Crippen LogP contribution in [0.15, 0.2) is 85.2 Å². The number of halogens is 6. The topological polar surface area (TPSA) is 32.6 Å². The maximum Gasteiger partial charge on any atom is 0.245 e. The zero-order valence-corrected chi connectivity index (χ0v) is 17.4. The molecule has 0 atom stereocenters. The van der Waals surface area contributed by atoms with Crippen LogP contribution in [0.5, 0.6) is 0 Å². The molecule has 0 aliphatic rings. The smallest absolute Gasteiger partial charge is 0.226 e. The summed E-state index contributed by atoms with van der Waals surface area (Å²) in [6, 6.07) is 28.9. The van der Waals surface area contributed by atoms with Crippen molar-refractivity contribution < 1.29 is 29.7 Å². The van der Waals surface area contributed by atoms with Crippen molar-refractivity contribution in [3.05, 3.63) is 102 Å². The summed E-state index contributed by atoms with van der Waals surface area (Å²) in [5, 5.41) is 9.35. The number of imidazole rings is 1. The fraction of sp³-hybridized carbons (Fsp3) is 0.0909. The van der Waals surface area contributed by atoms with Crippen LogP contribution in [-0.4, -0.2) is 4.57 Å². The van der Waals surface area contributed by atoms with E-state index in [0.29, 0.717) is 6.54 Å². The SMILES string of the molecule is F[P-](F)(F)(F)(F)F.N#Cc1ccccc1Cn1c[n+](Cc2ccccc2)c2ccccc21. The summed E-state index contributed by atoms with van der Waals surface area (Å²) >= 11 is 0. The number of aromatic nitrogens is 2. The van der Waals surface area contributed by atoms with Crippen LogP contribution in [0.2, 0.25) is 0 Å². The molecule has 0 fully saturated rings. The third-order valence-corrected chi connectivity index (χ3v) is 4.45. The summed E-state index contributed by atoms with van der Waals surface area (Å²) < 4.78 is 63.7. The molecule has 0 spiro atoms. The van der Waals surface area contributed by atoms with Gasteiger partial charge in [0.05, 0.1) is 11.6 Å². The van der Waals surface area contributed by atoms with Gasteiger partial charge in [-0.2, -0.15) is 5.26 Å². The van der Waals surface area contributed by atoms with E-state index in [2.05, 4.69) is 70.1 Å². The van der Waals surface area contributed by atoms with Crippen LogP contribution in [0.1, 0.15) is 16.7 Å². The molecule has 0 N–H and O–H groups in total. The van der Waals surface area contributed by atoms with E-state index in [1.165, 1.54) is 16.6 Å². The third-order valence-electron chi connectivity index (χ3n) is 4.45. The molecule has 3 aromatic carbocycles. The Labute approximate surface area is 180 Å². The molecule has 0 amide bonds. The Kier molecular flexibility index (Phi) is 5.79. The second-order valence-corrected chi connectivity index (χ2v) is 8.99. The van der Waals surface area contributed by atoms with Crippen LogP contribution in [0.3, 0.4) is 0 Å². The molecule has 0 saturated carbocycles. The molecule has 3 nitrogen and oxygen atoms in total. The zero-order valence-electron chi connectivity index (χ0n) is 16.6. The summed E-state index contributed by atoms with van der Waals surface area (Å²) in [6.45, 7) is 1.51. The van der Waals surface area contributed by atoms with Gasteiger partial charge in [-0.1, -0.05) is 60.7 Å². The second kappa shape index (κ2) is 7.95. The van der Waals surface area contributed by atoms with Gasteiger partial charge >= 0.3 is 33.0 Å². The minimum absolute atomic E-state index is 0.687. The second-order valence-electron chi connectivity index (χ2n) is 7.07. The first-order valence-electron chi connectivity index (χ1n) is 9.36. The Bertz CT molecular complexity index is 1270. The maximum atomic E-state index is 9.87. The van der Waals surface area contributed by atoms with E-state index < -0.39 is 7.81 Å². The zero-order chi connectivity index (χ0) is 23.5. The first-order chi connectivity index (χ1) is 14.8. The van der Waals surface area contributed by atoms with E-state index in [1.807, 2.05) is 30.3 Å². The number of benzene rings is 3. The number of nitriles is 1. The van der Waals surface area contributed by atoms with Gasteiger partial charge in [-0.15, -0.1) is 0 Å². The average molecular weight is 469 g/mol. The number of fused-ring (bicyclic) bond motifs is 1. The minimum Gasteiger partial charge on any atom is -0.226 e. The quantitative estimate of drug-likeness (QED) is 0.176. The molecule has 0 bridgehead atoms. The van der Waals surface area contributed by atoms with Crippen molar-refractivity contribution in [3.8, 4) is 6.07 Å². The molecule has 168 valence electrons. The Balaban J connectivity index is 0.000000360. The van der Waals surface area contributed by atoms with E-state index in [1.54, 1.807) is 0 Å². The van der Waals surface area contributed by atoms with E-state index in [-0.39, 0.29) is 0 Å². The molecule has 10 heteroatoms. The molecular formula is C22H18F6N3P. The molecule has 1 heterocycles. The van der Waals surface area contributed by atoms with E-state index in [4.69, 9.17) is 0 Å². The van der Waals surface area contributed by atoms with Gasteiger partial charge in [0, 0.05) is 5.56 Å². The monoisotopic (exact) mass is 469 g/mol. The number of nitrogens with zero attached hydrogens (tertiary/aromatic N) is 3. The van der Waals surface area contributed by atoms with Crippen molar-refractivity contribution in [2.45, 2.75) is 13.1 Å². The van der Waals surface area contributed by atoms with Gasteiger partial charge in [0.1, 0.15) is 13.1 Å². The molecular weight excluding hydrogens is 451 g/mol. The summed E-state index contributed by atoms with van der Waals surface area (Å²) in [7, 11) is -10.7. The molecule has 4 aromatic rings. The van der Waals surface area contributed by atoms with Crippen LogP contribution >= 0.6 is 7.81 Å². The first kappa shape index (κ1) is 23.3. The molecule has 0 aliphatic heterocycles. The van der Waals surface area contributed by atoms with Gasteiger partial charge in [0.25, 0.3) is 0 Å². The van der Waals surface area contributed by atoms with Crippen molar-refractivity contribution in [2.24, 2.45) is 0 Å². The third kappa shape index (κ3) is 7.40. The standard InChI is InChI=1S/C22H18N3.F6P/c23-14-19-10-4-5-11-20(19)16-25-17-24(15-18-8-2-1-3-9-18)21-12-6-7-13-22(21)25;1-7(2,3,4,5)6/h1-13,17H,15-16H2;/q+1;-1. The van der Waals surface area contributed by atoms with E-state index >= 15 is 0 Å². The molecule has 0 radical (unpaired) electrons. The van der Waals surface area contributed by atoms with Crippen LogP contribution in [-0.2, 0) is 13.1 Å². The van der Waals surface area contributed by atoms with Crippen molar-refractivity contribution in [1.82, 2.24) is 4.57 Å². The van der Waals surface area contributed by atoms with Crippen molar-refractivity contribution in [1.29, 1.82) is 5.26 Å². The Morgan fingerprint density at radius 1 is 0.781 bits per heavy atom. The van der Waals surface area contributed by atoms with Gasteiger partial charge in [0.2, 0.25) is 6.33 Å². The number of hydrogen-bond acceptors (Lipinski definition) is 1. The van der Waals surface area contributed by atoms with Gasteiger partial charge in [-0.05, 0) is 23.8 Å². The molecule has 4 rings (SSSR count). The average Bonchev–Trinajstić information content (AvgIpc) is 3.04. The van der Waals surface area contributed by atoms with Crippen molar-refractivity contribution in [3.63, 3.8) is 0 Å². The number of para-hydroxylation sites is 2. The summed E-state index contributed by atoms with van der Waals surface area (Å²) in [4.78, 5) is 0. The van der Waals surface area contributed by atoms with Crippen molar-refractivity contribution >= 4 is 18.8 Å². The van der Waals surface area contributed by atoms with Crippen LogP contribution in [0, 0.1) is 11.3 Å². The normalized spacial score (nSPS) is 13.4. The van der Waals surface area contributed by atoms with Gasteiger partial charge in [-0.25, -0.2) is 9.13 Å². The summed E-state index contributed by atoms with van der Waals surface area (Å²) in [5.41, 5.74) is 5.41. The largest absolute Gasteiger partial charge is 0.245 e. The Hall–Kier alpha value is -3.37.